The minimum Gasteiger partial charge on any atom is -0.294 e. The van der Waals surface area contributed by atoms with Crippen molar-refractivity contribution in [2.24, 2.45) is 0 Å². The summed E-state index contributed by atoms with van der Waals surface area (Å²) < 4.78 is 15.3. The highest BCUT2D eigenvalue weighted by molar-refractivity contribution is 5.83. The molecule has 1 unspecified atom stereocenters. The van der Waals surface area contributed by atoms with E-state index in [2.05, 4.69) is 18.7 Å². The first-order valence-corrected chi connectivity index (χ1v) is 9.10. The molecule has 0 bridgehead atoms. The van der Waals surface area contributed by atoms with Gasteiger partial charge in [0.1, 0.15) is 11.6 Å². The molecule has 0 spiro atoms. The first-order valence-electron chi connectivity index (χ1n) is 9.10. The summed E-state index contributed by atoms with van der Waals surface area (Å²) in [7, 11) is 0. The Morgan fingerprint density at radius 2 is 1.96 bits per heavy atom. The Labute approximate surface area is 151 Å². The van der Waals surface area contributed by atoms with Gasteiger partial charge in [0.15, 0.2) is 0 Å². The maximum atomic E-state index is 13.5. The second kappa shape index (κ2) is 6.65. The van der Waals surface area contributed by atoms with Crippen LogP contribution in [0.3, 0.4) is 0 Å². The van der Waals surface area contributed by atoms with Gasteiger partial charge in [-0.25, -0.2) is 9.37 Å². The lowest BCUT2D eigenvalue weighted by molar-refractivity contribution is 0.156. The molecular formula is C21H22FN3O. The molecule has 1 aromatic heterocycles. The third kappa shape index (κ3) is 2.92. The smallest absolute Gasteiger partial charge is 0.261 e. The molecular weight excluding hydrogens is 329 g/mol. The number of hydrogen-bond acceptors (Lipinski definition) is 3. The highest BCUT2D eigenvalue weighted by Crippen LogP contribution is 2.24. The van der Waals surface area contributed by atoms with Gasteiger partial charge in [-0.15, -0.1) is 0 Å². The van der Waals surface area contributed by atoms with Crippen LogP contribution in [-0.4, -0.2) is 27.0 Å². The Morgan fingerprint density at radius 1 is 1.15 bits per heavy atom. The first kappa shape index (κ1) is 16.9. The van der Waals surface area contributed by atoms with Crippen LogP contribution in [0.2, 0.25) is 0 Å². The second-order valence-electron chi connectivity index (χ2n) is 6.95. The number of halogens is 1. The molecule has 3 aromatic rings. The molecule has 0 amide bonds. The van der Waals surface area contributed by atoms with E-state index in [9.17, 15) is 9.18 Å². The van der Waals surface area contributed by atoms with Crippen LogP contribution in [-0.2, 0) is 13.1 Å². The lowest BCUT2D eigenvalue weighted by Gasteiger charge is -2.33. The quantitative estimate of drug-likeness (QED) is 0.720. The van der Waals surface area contributed by atoms with Gasteiger partial charge in [0.05, 0.1) is 17.4 Å². The van der Waals surface area contributed by atoms with Gasteiger partial charge >= 0.3 is 0 Å². The van der Waals surface area contributed by atoms with Gasteiger partial charge in [0, 0.05) is 19.1 Å². The molecule has 0 saturated heterocycles. The van der Waals surface area contributed by atoms with Gasteiger partial charge in [-0.05, 0) is 48.7 Å². The van der Waals surface area contributed by atoms with Gasteiger partial charge in [-0.1, -0.05) is 25.1 Å². The standard InChI is InChI=1S/C21H22FN3O/c1-3-14(2)24-9-10-25-20(13-24)23-19-12-16(7-8-18(19)21(25)26)15-5-4-6-17(22)11-15/h4-8,11-12,14H,3,9-10,13H2,1-2H3. The average Bonchev–Trinajstić information content (AvgIpc) is 2.66. The Balaban J connectivity index is 1.81. The maximum Gasteiger partial charge on any atom is 0.261 e. The van der Waals surface area contributed by atoms with Crippen molar-refractivity contribution >= 4 is 10.9 Å². The Morgan fingerprint density at radius 3 is 2.73 bits per heavy atom. The molecule has 0 saturated carbocycles. The van der Waals surface area contributed by atoms with Crippen molar-refractivity contribution in [3.63, 3.8) is 0 Å². The molecule has 0 radical (unpaired) electrons. The van der Waals surface area contributed by atoms with Gasteiger partial charge in [0.2, 0.25) is 0 Å². The zero-order valence-corrected chi connectivity index (χ0v) is 15.1. The first-order chi connectivity index (χ1) is 12.6. The van der Waals surface area contributed by atoms with Crippen molar-refractivity contribution in [1.29, 1.82) is 0 Å². The number of nitrogens with zero attached hydrogens (tertiary/aromatic N) is 3. The van der Waals surface area contributed by atoms with E-state index < -0.39 is 0 Å². The molecule has 2 heterocycles. The summed E-state index contributed by atoms with van der Waals surface area (Å²) in [6.07, 6.45) is 1.07. The minimum absolute atomic E-state index is 0.0135. The van der Waals surface area contributed by atoms with Crippen LogP contribution in [0.1, 0.15) is 26.1 Å². The van der Waals surface area contributed by atoms with E-state index in [1.54, 1.807) is 16.7 Å². The van der Waals surface area contributed by atoms with Crippen LogP contribution in [0.25, 0.3) is 22.0 Å². The summed E-state index contributed by atoms with van der Waals surface area (Å²) >= 11 is 0. The van der Waals surface area contributed by atoms with Crippen LogP contribution < -0.4 is 5.56 Å². The van der Waals surface area contributed by atoms with E-state index in [0.29, 0.717) is 30.0 Å². The van der Waals surface area contributed by atoms with Crippen LogP contribution in [0.4, 0.5) is 4.39 Å². The molecule has 0 N–H and O–H groups in total. The van der Waals surface area contributed by atoms with Crippen molar-refractivity contribution < 1.29 is 4.39 Å². The predicted molar refractivity (Wildman–Crippen MR) is 102 cm³/mol. The van der Waals surface area contributed by atoms with Gasteiger partial charge in [-0.3, -0.25) is 14.3 Å². The Kier molecular flexibility index (Phi) is 4.32. The summed E-state index contributed by atoms with van der Waals surface area (Å²) in [5.41, 5.74) is 2.34. The van der Waals surface area contributed by atoms with Crippen LogP contribution in [0.15, 0.2) is 47.3 Å². The number of hydrogen-bond donors (Lipinski definition) is 0. The number of benzene rings is 2. The molecule has 0 fully saturated rings. The minimum atomic E-state index is -0.273. The zero-order valence-electron chi connectivity index (χ0n) is 15.1. The molecule has 4 nitrogen and oxygen atoms in total. The zero-order chi connectivity index (χ0) is 18.3. The summed E-state index contributed by atoms with van der Waals surface area (Å²) in [6, 6.07) is 12.5. The van der Waals surface area contributed by atoms with Crippen molar-refractivity contribution in [2.75, 3.05) is 6.54 Å². The highest BCUT2D eigenvalue weighted by atomic mass is 19.1. The van der Waals surface area contributed by atoms with Gasteiger partial charge < -0.3 is 0 Å². The lowest BCUT2D eigenvalue weighted by Crippen LogP contribution is -2.43. The van der Waals surface area contributed by atoms with E-state index >= 15 is 0 Å². The number of fused-ring (bicyclic) bond motifs is 2. The lowest BCUT2D eigenvalue weighted by atomic mass is 10.0. The summed E-state index contributed by atoms with van der Waals surface area (Å²) in [6.45, 7) is 6.61. The fourth-order valence-electron chi connectivity index (χ4n) is 3.59. The number of rotatable bonds is 3. The fourth-order valence-corrected chi connectivity index (χ4v) is 3.59. The van der Waals surface area contributed by atoms with E-state index in [0.717, 1.165) is 29.9 Å². The topological polar surface area (TPSA) is 38.1 Å². The van der Waals surface area contributed by atoms with E-state index in [-0.39, 0.29) is 11.4 Å². The van der Waals surface area contributed by atoms with Crippen LogP contribution in [0.5, 0.6) is 0 Å². The monoisotopic (exact) mass is 351 g/mol. The molecule has 2 aromatic carbocycles. The Hall–Kier alpha value is -2.53. The van der Waals surface area contributed by atoms with E-state index in [1.807, 2.05) is 18.2 Å². The Bertz CT molecular complexity index is 1030. The molecule has 1 atom stereocenters. The average molecular weight is 351 g/mol. The third-order valence-electron chi connectivity index (χ3n) is 5.36. The van der Waals surface area contributed by atoms with Crippen molar-refractivity contribution in [3.05, 3.63) is 64.5 Å². The highest BCUT2D eigenvalue weighted by Gasteiger charge is 2.22. The van der Waals surface area contributed by atoms with Gasteiger partial charge in [0.25, 0.3) is 5.56 Å². The van der Waals surface area contributed by atoms with E-state index in [1.165, 1.54) is 12.1 Å². The molecule has 4 rings (SSSR count). The van der Waals surface area contributed by atoms with Crippen molar-refractivity contribution in [3.8, 4) is 11.1 Å². The second-order valence-corrected chi connectivity index (χ2v) is 6.95. The summed E-state index contributed by atoms with van der Waals surface area (Å²) in [5.74, 6) is 0.538. The molecule has 1 aliphatic rings. The molecule has 0 aliphatic carbocycles. The van der Waals surface area contributed by atoms with Crippen LogP contribution >= 0.6 is 0 Å². The largest absolute Gasteiger partial charge is 0.294 e. The maximum absolute atomic E-state index is 13.5. The van der Waals surface area contributed by atoms with Gasteiger partial charge in [-0.2, -0.15) is 0 Å². The molecule has 5 heteroatoms. The van der Waals surface area contributed by atoms with Crippen molar-refractivity contribution in [2.45, 2.75) is 39.4 Å². The summed E-state index contributed by atoms with van der Waals surface area (Å²) in [5, 5.41) is 0.617. The third-order valence-corrected chi connectivity index (χ3v) is 5.36. The van der Waals surface area contributed by atoms with Crippen molar-refractivity contribution in [1.82, 2.24) is 14.5 Å². The number of aromatic nitrogens is 2. The summed E-state index contributed by atoms with van der Waals surface area (Å²) in [4.78, 5) is 20.0. The fraction of sp³-hybridized carbons (Fsp3) is 0.333. The molecule has 134 valence electrons. The van der Waals surface area contributed by atoms with Crippen LogP contribution in [0, 0.1) is 5.82 Å². The SMILES string of the molecule is CCC(C)N1CCn2c(nc3cc(-c4cccc(F)c4)ccc3c2=O)C1. The normalized spacial score (nSPS) is 15.8. The predicted octanol–water partition coefficient (Wildman–Crippen LogP) is 3.82. The molecule has 1 aliphatic heterocycles. The molecule has 26 heavy (non-hydrogen) atoms. The van der Waals surface area contributed by atoms with E-state index in [4.69, 9.17) is 4.98 Å².